The van der Waals surface area contributed by atoms with Crippen molar-refractivity contribution in [2.24, 2.45) is 11.3 Å². The summed E-state index contributed by atoms with van der Waals surface area (Å²) in [7, 11) is 0. The molecular formula is C26H26ClF2N3O3. The molecule has 3 aliphatic rings. The SMILES string of the molecule is C[C@H]1CC[C@H](C)N(c2nc(=O)n3c4c(c(-c5ccc(F)cc5F)c(Cl)cc24)OCC2(COC2)C3)C1. The summed E-state index contributed by atoms with van der Waals surface area (Å²) in [6, 6.07) is 5.30. The molecule has 0 saturated carbocycles. The summed E-state index contributed by atoms with van der Waals surface area (Å²) in [5.74, 6) is -0.0922. The van der Waals surface area contributed by atoms with Crippen LogP contribution in [0.2, 0.25) is 5.02 Å². The number of hydrogen-bond acceptors (Lipinski definition) is 5. The first-order valence-corrected chi connectivity index (χ1v) is 12.3. The summed E-state index contributed by atoms with van der Waals surface area (Å²) in [5.41, 5.74) is 0.198. The van der Waals surface area contributed by atoms with Crippen LogP contribution in [0.4, 0.5) is 14.6 Å². The van der Waals surface area contributed by atoms with Crippen molar-refractivity contribution in [3.05, 3.63) is 51.4 Å². The molecule has 1 spiro atoms. The molecular weight excluding hydrogens is 476 g/mol. The molecule has 184 valence electrons. The number of anilines is 1. The van der Waals surface area contributed by atoms with Crippen LogP contribution in [-0.2, 0) is 11.3 Å². The van der Waals surface area contributed by atoms with E-state index in [0.29, 0.717) is 53.7 Å². The van der Waals surface area contributed by atoms with Gasteiger partial charge in [0.05, 0.1) is 29.2 Å². The molecule has 1 aromatic heterocycles. The van der Waals surface area contributed by atoms with Crippen LogP contribution < -0.4 is 15.3 Å². The Morgan fingerprint density at radius 1 is 1.14 bits per heavy atom. The predicted octanol–water partition coefficient (Wildman–Crippen LogP) is 5.03. The Balaban J connectivity index is 1.66. The van der Waals surface area contributed by atoms with Gasteiger partial charge in [-0.2, -0.15) is 4.98 Å². The van der Waals surface area contributed by atoms with Crippen LogP contribution in [-0.4, -0.2) is 42.0 Å². The van der Waals surface area contributed by atoms with E-state index in [4.69, 9.17) is 21.1 Å². The standard InChI is InChI=1S/C26H26ClF2N3O3/c1-14-3-4-15(2)31(9-14)24-18-8-19(27)21(17-6-5-16(28)7-20(17)29)23-22(18)32(25(33)30-24)10-26(13-35-23)11-34-12-26/h5-8,14-15H,3-4,9-13H2,1-2H3/t14-,15-/m0/s1. The Morgan fingerprint density at radius 2 is 1.94 bits per heavy atom. The van der Waals surface area contributed by atoms with Crippen molar-refractivity contribution in [2.75, 3.05) is 31.3 Å². The van der Waals surface area contributed by atoms with E-state index < -0.39 is 11.6 Å². The highest BCUT2D eigenvalue weighted by molar-refractivity contribution is 6.35. The number of benzene rings is 2. The molecule has 4 heterocycles. The van der Waals surface area contributed by atoms with Gasteiger partial charge < -0.3 is 14.4 Å². The molecule has 2 saturated heterocycles. The Labute approximate surface area is 206 Å². The molecule has 2 fully saturated rings. The van der Waals surface area contributed by atoms with Crippen molar-refractivity contribution in [3.8, 4) is 16.9 Å². The summed E-state index contributed by atoms with van der Waals surface area (Å²) in [6.07, 6.45) is 2.10. The van der Waals surface area contributed by atoms with Crippen LogP contribution >= 0.6 is 11.6 Å². The molecule has 3 aromatic rings. The second-order valence-electron chi connectivity index (χ2n) is 10.4. The summed E-state index contributed by atoms with van der Waals surface area (Å²) in [5, 5.41) is 0.943. The summed E-state index contributed by atoms with van der Waals surface area (Å²) < 4.78 is 42.1. The molecule has 6 nitrogen and oxygen atoms in total. The van der Waals surface area contributed by atoms with Gasteiger partial charge in [0.25, 0.3) is 0 Å². The third-order valence-corrected chi connectivity index (χ3v) is 7.87. The average molecular weight is 502 g/mol. The van der Waals surface area contributed by atoms with Gasteiger partial charge in [0.2, 0.25) is 0 Å². The van der Waals surface area contributed by atoms with Crippen LogP contribution in [0.15, 0.2) is 29.1 Å². The number of hydrogen-bond donors (Lipinski definition) is 0. The third kappa shape index (κ3) is 3.61. The van der Waals surface area contributed by atoms with Gasteiger partial charge in [-0.1, -0.05) is 18.5 Å². The molecule has 6 rings (SSSR count). The normalized spacial score (nSPS) is 23.2. The van der Waals surface area contributed by atoms with E-state index >= 15 is 0 Å². The molecule has 3 aliphatic heterocycles. The van der Waals surface area contributed by atoms with Crippen LogP contribution in [0.5, 0.6) is 5.75 Å². The third-order valence-electron chi connectivity index (χ3n) is 7.57. The Hall–Kier alpha value is -2.71. The molecule has 9 heteroatoms. The van der Waals surface area contributed by atoms with E-state index in [-0.39, 0.29) is 34.3 Å². The fourth-order valence-electron chi connectivity index (χ4n) is 5.57. The lowest BCUT2D eigenvalue weighted by atomic mass is 9.87. The van der Waals surface area contributed by atoms with Crippen LogP contribution in [0.1, 0.15) is 26.7 Å². The highest BCUT2D eigenvalue weighted by Gasteiger charge is 2.44. The lowest BCUT2D eigenvalue weighted by Crippen LogP contribution is -2.50. The number of aromatic nitrogens is 2. The number of piperidine rings is 1. The molecule has 0 N–H and O–H groups in total. The van der Waals surface area contributed by atoms with Gasteiger partial charge in [-0.15, -0.1) is 0 Å². The zero-order valence-electron chi connectivity index (χ0n) is 19.6. The van der Waals surface area contributed by atoms with Gasteiger partial charge in [-0.05, 0) is 43.9 Å². The van der Waals surface area contributed by atoms with Gasteiger partial charge in [0, 0.05) is 41.7 Å². The number of halogens is 3. The molecule has 2 atom stereocenters. The highest BCUT2D eigenvalue weighted by Crippen LogP contribution is 2.48. The smallest absolute Gasteiger partial charge is 0.350 e. The largest absolute Gasteiger partial charge is 0.490 e. The van der Waals surface area contributed by atoms with E-state index in [0.717, 1.165) is 25.5 Å². The first-order chi connectivity index (χ1) is 16.8. The minimum Gasteiger partial charge on any atom is -0.490 e. The Morgan fingerprint density at radius 3 is 2.66 bits per heavy atom. The lowest BCUT2D eigenvalue weighted by molar-refractivity contribution is -0.137. The molecule has 0 amide bonds. The zero-order chi connectivity index (χ0) is 24.5. The Bertz CT molecular complexity index is 1410. The van der Waals surface area contributed by atoms with E-state index in [1.54, 1.807) is 10.6 Å². The fraction of sp³-hybridized carbons (Fsp3) is 0.462. The molecule has 0 radical (unpaired) electrons. The van der Waals surface area contributed by atoms with E-state index in [2.05, 4.69) is 23.7 Å². The van der Waals surface area contributed by atoms with Crippen LogP contribution in [0.3, 0.4) is 0 Å². The predicted molar refractivity (Wildman–Crippen MR) is 130 cm³/mol. The van der Waals surface area contributed by atoms with E-state index in [1.807, 2.05) is 0 Å². The molecule has 0 aliphatic carbocycles. The van der Waals surface area contributed by atoms with Crippen molar-refractivity contribution in [3.63, 3.8) is 0 Å². The van der Waals surface area contributed by atoms with Crippen LogP contribution in [0, 0.1) is 23.0 Å². The highest BCUT2D eigenvalue weighted by atomic mass is 35.5. The van der Waals surface area contributed by atoms with Gasteiger partial charge in [-0.25, -0.2) is 13.6 Å². The molecule has 2 aromatic carbocycles. The lowest BCUT2D eigenvalue weighted by Gasteiger charge is -2.40. The minimum atomic E-state index is -0.751. The van der Waals surface area contributed by atoms with Crippen molar-refractivity contribution >= 4 is 28.3 Å². The summed E-state index contributed by atoms with van der Waals surface area (Å²) in [6.45, 7) is 6.65. The minimum absolute atomic E-state index is 0.117. The fourth-order valence-corrected chi connectivity index (χ4v) is 5.86. The van der Waals surface area contributed by atoms with Crippen LogP contribution in [0.25, 0.3) is 22.0 Å². The van der Waals surface area contributed by atoms with Gasteiger partial charge in [0.15, 0.2) is 5.75 Å². The maximum Gasteiger partial charge on any atom is 0.350 e. The number of rotatable bonds is 2. The van der Waals surface area contributed by atoms with E-state index in [9.17, 15) is 13.6 Å². The van der Waals surface area contributed by atoms with Gasteiger partial charge in [0.1, 0.15) is 24.1 Å². The summed E-state index contributed by atoms with van der Waals surface area (Å²) >= 11 is 6.80. The zero-order valence-corrected chi connectivity index (χ0v) is 20.4. The molecule has 0 bridgehead atoms. The average Bonchev–Trinajstić information content (AvgIpc) is 2.98. The monoisotopic (exact) mass is 501 g/mol. The first kappa shape index (κ1) is 22.7. The van der Waals surface area contributed by atoms with Gasteiger partial charge in [-0.3, -0.25) is 4.57 Å². The maximum absolute atomic E-state index is 15.0. The maximum atomic E-state index is 15.0. The van der Waals surface area contributed by atoms with Crippen molar-refractivity contribution in [1.82, 2.24) is 9.55 Å². The van der Waals surface area contributed by atoms with Crippen molar-refractivity contribution in [2.45, 2.75) is 39.3 Å². The quantitative estimate of drug-likeness (QED) is 0.493. The summed E-state index contributed by atoms with van der Waals surface area (Å²) in [4.78, 5) is 20.2. The van der Waals surface area contributed by atoms with Crippen molar-refractivity contribution < 1.29 is 18.3 Å². The molecule has 35 heavy (non-hydrogen) atoms. The molecule has 0 unspecified atom stereocenters. The van der Waals surface area contributed by atoms with E-state index in [1.165, 1.54) is 12.1 Å². The first-order valence-electron chi connectivity index (χ1n) is 12.0. The number of ether oxygens (including phenoxy) is 2. The topological polar surface area (TPSA) is 56.6 Å². The Kier molecular flexibility index (Phi) is 5.30. The van der Waals surface area contributed by atoms with Crippen molar-refractivity contribution in [1.29, 1.82) is 0 Å². The second kappa shape index (κ2) is 8.17. The second-order valence-corrected chi connectivity index (χ2v) is 10.8. The van der Waals surface area contributed by atoms with Gasteiger partial charge >= 0.3 is 5.69 Å². The number of nitrogens with zero attached hydrogens (tertiary/aromatic N) is 3.